The molecule has 220 valence electrons. The maximum absolute atomic E-state index is 13.1. The number of ether oxygens (including phenoxy) is 2. The number of benzene rings is 3. The quantitative estimate of drug-likeness (QED) is 0.357. The highest BCUT2D eigenvalue weighted by atomic mass is 16.5. The van der Waals surface area contributed by atoms with E-state index < -0.39 is 23.8 Å². The van der Waals surface area contributed by atoms with E-state index in [-0.39, 0.29) is 29.3 Å². The van der Waals surface area contributed by atoms with E-state index in [2.05, 4.69) is 21.2 Å². The van der Waals surface area contributed by atoms with Crippen LogP contribution in [0.15, 0.2) is 66.7 Å². The Labute approximate surface area is 245 Å². The zero-order valence-electron chi connectivity index (χ0n) is 24.1. The van der Waals surface area contributed by atoms with Crippen molar-refractivity contribution in [3.05, 3.63) is 83.4 Å². The Kier molecular flexibility index (Phi) is 8.75. The molecule has 1 fully saturated rings. The van der Waals surface area contributed by atoms with Gasteiger partial charge in [-0.05, 0) is 68.4 Å². The number of carbonyl (C=O) groups is 3. The number of nitrogens with one attached hydrogen (secondary N) is 1. The second-order valence-electron chi connectivity index (χ2n) is 10.7. The predicted octanol–water partition coefficient (Wildman–Crippen LogP) is 3.20. The van der Waals surface area contributed by atoms with Crippen molar-refractivity contribution in [2.24, 2.45) is 0 Å². The smallest absolute Gasteiger partial charge is 0.266 e. The minimum absolute atomic E-state index is 0.0616. The van der Waals surface area contributed by atoms with E-state index in [1.54, 1.807) is 24.3 Å². The maximum Gasteiger partial charge on any atom is 0.266 e. The summed E-state index contributed by atoms with van der Waals surface area (Å²) in [6.45, 7) is 7.64. The van der Waals surface area contributed by atoms with Gasteiger partial charge in [0.25, 0.3) is 17.7 Å². The lowest BCUT2D eigenvalue weighted by atomic mass is 10.1. The number of rotatable bonds is 10. The Balaban J connectivity index is 1.13. The van der Waals surface area contributed by atoms with Gasteiger partial charge >= 0.3 is 0 Å². The molecule has 42 heavy (non-hydrogen) atoms. The van der Waals surface area contributed by atoms with Crippen LogP contribution >= 0.6 is 0 Å². The molecule has 0 saturated carbocycles. The summed E-state index contributed by atoms with van der Waals surface area (Å²) in [5.41, 5.74) is 2.15. The van der Waals surface area contributed by atoms with Crippen molar-refractivity contribution in [2.45, 2.75) is 26.1 Å². The summed E-state index contributed by atoms with van der Waals surface area (Å²) in [5, 5.41) is 13.4. The molecule has 1 atom stereocenters. The lowest BCUT2D eigenvalue weighted by Gasteiger charge is -2.37. The first-order valence-electron chi connectivity index (χ1n) is 14.1. The molecule has 1 saturated heterocycles. The van der Waals surface area contributed by atoms with Gasteiger partial charge in [0.05, 0.1) is 41.8 Å². The van der Waals surface area contributed by atoms with Crippen molar-refractivity contribution < 1.29 is 29.0 Å². The van der Waals surface area contributed by atoms with Crippen molar-refractivity contribution in [1.29, 1.82) is 0 Å². The third kappa shape index (κ3) is 6.24. The number of imide groups is 1. The molecule has 2 N–H and O–H groups in total. The van der Waals surface area contributed by atoms with Crippen LogP contribution in [-0.2, 0) is 0 Å². The molecule has 5 rings (SSSR count). The molecule has 0 radical (unpaired) electrons. The number of anilines is 2. The number of hydrogen-bond acceptors (Lipinski definition) is 8. The van der Waals surface area contributed by atoms with E-state index in [0.717, 1.165) is 42.5 Å². The third-order valence-corrected chi connectivity index (χ3v) is 7.39. The number of carbonyl (C=O) groups excluding carboxylic acids is 3. The molecule has 0 aliphatic carbocycles. The van der Waals surface area contributed by atoms with Gasteiger partial charge in [-0.2, -0.15) is 0 Å². The van der Waals surface area contributed by atoms with E-state index in [0.29, 0.717) is 18.0 Å². The summed E-state index contributed by atoms with van der Waals surface area (Å²) in [7, 11) is 1.54. The van der Waals surface area contributed by atoms with Crippen LogP contribution in [-0.4, -0.2) is 86.3 Å². The molecule has 0 spiro atoms. The highest BCUT2D eigenvalue weighted by molar-refractivity contribution is 6.34. The molecule has 0 unspecified atom stereocenters. The first-order valence-corrected chi connectivity index (χ1v) is 14.1. The SMILES string of the molecule is COc1ccc(N2C(=O)c3ccc(C(=O)NC[C@@H](O)CN4CCN(c5ccccc5OC(C)C)CC4)cc3C2=O)cc1. The van der Waals surface area contributed by atoms with E-state index >= 15 is 0 Å². The van der Waals surface area contributed by atoms with Crippen molar-refractivity contribution in [2.75, 3.05) is 56.2 Å². The zero-order chi connectivity index (χ0) is 29.8. The largest absolute Gasteiger partial charge is 0.497 e. The zero-order valence-corrected chi connectivity index (χ0v) is 24.1. The fourth-order valence-electron chi connectivity index (χ4n) is 5.27. The molecule has 2 aliphatic rings. The maximum atomic E-state index is 13.1. The summed E-state index contributed by atoms with van der Waals surface area (Å²) >= 11 is 0. The second kappa shape index (κ2) is 12.6. The molecule has 2 heterocycles. The third-order valence-electron chi connectivity index (χ3n) is 7.39. The molecular weight excluding hydrogens is 536 g/mol. The lowest BCUT2D eigenvalue weighted by molar-refractivity contribution is 0.0851. The monoisotopic (exact) mass is 572 g/mol. The molecule has 3 aromatic rings. The van der Waals surface area contributed by atoms with E-state index in [4.69, 9.17) is 9.47 Å². The molecule has 3 aromatic carbocycles. The normalized spacial score (nSPS) is 16.0. The van der Waals surface area contributed by atoms with Crippen molar-refractivity contribution in [3.63, 3.8) is 0 Å². The Morgan fingerprint density at radius 2 is 1.62 bits per heavy atom. The van der Waals surface area contributed by atoms with Gasteiger partial charge < -0.3 is 24.8 Å². The van der Waals surface area contributed by atoms with Gasteiger partial charge in [0.1, 0.15) is 11.5 Å². The molecule has 0 aromatic heterocycles. The van der Waals surface area contributed by atoms with Crippen LogP contribution in [0.5, 0.6) is 11.5 Å². The molecule has 2 aliphatic heterocycles. The summed E-state index contributed by atoms with van der Waals surface area (Å²) < 4.78 is 11.1. The highest BCUT2D eigenvalue weighted by Crippen LogP contribution is 2.31. The molecular formula is C32H36N4O6. The minimum Gasteiger partial charge on any atom is -0.497 e. The minimum atomic E-state index is -0.764. The van der Waals surface area contributed by atoms with E-state index in [1.807, 2.05) is 32.0 Å². The van der Waals surface area contributed by atoms with Gasteiger partial charge in [-0.25, -0.2) is 4.90 Å². The van der Waals surface area contributed by atoms with Crippen LogP contribution < -0.4 is 24.6 Å². The number of fused-ring (bicyclic) bond motifs is 1. The fraction of sp³-hybridized carbons (Fsp3) is 0.344. The number of aliphatic hydroxyl groups excluding tert-OH is 1. The number of amides is 3. The number of aliphatic hydroxyl groups is 1. The van der Waals surface area contributed by atoms with Gasteiger partial charge in [0.15, 0.2) is 0 Å². The van der Waals surface area contributed by atoms with Gasteiger partial charge in [-0.1, -0.05) is 12.1 Å². The standard InChI is InChI=1S/C32H36N4O6/c1-21(2)42-29-7-5-4-6-28(29)35-16-14-34(15-17-35)20-24(37)19-33-30(38)22-8-13-26-27(18-22)32(40)36(31(26)39)23-9-11-25(41-3)12-10-23/h4-13,18,21,24,37H,14-17,19-20H2,1-3H3,(H,33,38)/t24-/m1/s1. The van der Waals surface area contributed by atoms with Gasteiger partial charge in [-0.3, -0.25) is 19.3 Å². The predicted molar refractivity (Wildman–Crippen MR) is 160 cm³/mol. The van der Waals surface area contributed by atoms with E-state index in [1.165, 1.54) is 25.3 Å². The summed E-state index contributed by atoms with van der Waals surface area (Å²) in [5.74, 6) is 0.115. The average molecular weight is 573 g/mol. The number of para-hydroxylation sites is 2. The summed E-state index contributed by atoms with van der Waals surface area (Å²) in [6.07, 6.45) is -0.674. The molecule has 10 nitrogen and oxygen atoms in total. The first-order chi connectivity index (χ1) is 20.2. The van der Waals surface area contributed by atoms with Gasteiger partial charge in [0.2, 0.25) is 0 Å². The number of piperazine rings is 1. The van der Waals surface area contributed by atoms with Gasteiger partial charge in [0, 0.05) is 44.8 Å². The highest BCUT2D eigenvalue weighted by Gasteiger charge is 2.37. The fourth-order valence-corrected chi connectivity index (χ4v) is 5.27. The number of β-amino-alcohol motifs (C(OH)–C–C–N with tert-alkyl or cyclic N) is 1. The second-order valence-corrected chi connectivity index (χ2v) is 10.7. The van der Waals surface area contributed by atoms with Crippen LogP contribution in [0.25, 0.3) is 0 Å². The number of hydrogen-bond donors (Lipinski definition) is 2. The van der Waals surface area contributed by atoms with Crippen LogP contribution in [0.3, 0.4) is 0 Å². The summed E-state index contributed by atoms with van der Waals surface area (Å²) in [4.78, 5) is 44.5. The Morgan fingerprint density at radius 3 is 2.31 bits per heavy atom. The van der Waals surface area contributed by atoms with Crippen molar-refractivity contribution in [3.8, 4) is 11.5 Å². The first kappa shape index (κ1) is 29.1. The molecule has 0 bridgehead atoms. The Morgan fingerprint density at radius 1 is 0.929 bits per heavy atom. The molecule has 10 heteroatoms. The average Bonchev–Trinajstić information content (AvgIpc) is 3.25. The van der Waals surface area contributed by atoms with Gasteiger partial charge in [-0.15, -0.1) is 0 Å². The van der Waals surface area contributed by atoms with Crippen LogP contribution in [0.2, 0.25) is 0 Å². The van der Waals surface area contributed by atoms with Crippen LogP contribution in [0.4, 0.5) is 11.4 Å². The van der Waals surface area contributed by atoms with Crippen molar-refractivity contribution >= 4 is 29.1 Å². The van der Waals surface area contributed by atoms with Crippen molar-refractivity contribution in [1.82, 2.24) is 10.2 Å². The number of nitrogens with zero attached hydrogens (tertiary/aromatic N) is 3. The lowest BCUT2D eigenvalue weighted by Crippen LogP contribution is -2.50. The molecule has 3 amide bonds. The van der Waals surface area contributed by atoms with Crippen LogP contribution in [0, 0.1) is 0 Å². The van der Waals surface area contributed by atoms with Crippen LogP contribution in [0.1, 0.15) is 44.9 Å². The van der Waals surface area contributed by atoms with E-state index in [9.17, 15) is 19.5 Å². The Bertz CT molecular complexity index is 1450. The summed E-state index contributed by atoms with van der Waals surface area (Å²) in [6, 6.07) is 19.1. The topological polar surface area (TPSA) is 112 Å². The Hall–Kier alpha value is -4.41. The number of methoxy groups -OCH3 is 1.